The highest BCUT2D eigenvalue weighted by molar-refractivity contribution is 5.98. The summed E-state index contributed by atoms with van der Waals surface area (Å²) in [4.78, 5) is 11.7. The zero-order chi connectivity index (χ0) is 15.9. The van der Waals surface area contributed by atoms with E-state index >= 15 is 0 Å². The summed E-state index contributed by atoms with van der Waals surface area (Å²) in [6.07, 6.45) is 0. The van der Waals surface area contributed by atoms with Crippen molar-refractivity contribution in [1.29, 1.82) is 0 Å². The maximum atomic E-state index is 13.5. The average Bonchev–Trinajstić information content (AvgIpc) is 2.74. The Hall–Kier alpha value is -2.62. The van der Waals surface area contributed by atoms with Crippen LogP contribution in [0.5, 0.6) is 0 Å². The predicted molar refractivity (Wildman–Crippen MR) is 83.9 cm³/mol. The van der Waals surface area contributed by atoms with Gasteiger partial charge in [-0.2, -0.15) is 0 Å². The van der Waals surface area contributed by atoms with Crippen molar-refractivity contribution in [3.05, 3.63) is 70.7 Å². The molecule has 0 saturated heterocycles. The SMILES string of the molecule is Cc1ccccc1Cn1c(C(=O)O)c(C)c2cc(F)ccc21. The van der Waals surface area contributed by atoms with Crippen molar-refractivity contribution in [2.24, 2.45) is 0 Å². The van der Waals surface area contributed by atoms with Crippen LogP contribution in [-0.4, -0.2) is 15.6 Å². The highest BCUT2D eigenvalue weighted by Crippen LogP contribution is 2.28. The van der Waals surface area contributed by atoms with Crippen molar-refractivity contribution in [1.82, 2.24) is 4.57 Å². The van der Waals surface area contributed by atoms with Crippen LogP contribution >= 0.6 is 0 Å². The Kier molecular flexibility index (Phi) is 3.45. The van der Waals surface area contributed by atoms with E-state index in [2.05, 4.69) is 0 Å². The van der Waals surface area contributed by atoms with Crippen LogP contribution in [0.3, 0.4) is 0 Å². The second kappa shape index (κ2) is 5.30. The van der Waals surface area contributed by atoms with Gasteiger partial charge in [0.25, 0.3) is 0 Å². The van der Waals surface area contributed by atoms with Crippen LogP contribution in [0, 0.1) is 19.7 Å². The van der Waals surface area contributed by atoms with E-state index in [-0.39, 0.29) is 11.5 Å². The summed E-state index contributed by atoms with van der Waals surface area (Å²) in [6, 6.07) is 12.3. The molecule has 4 heteroatoms. The Bertz CT molecular complexity index is 880. The summed E-state index contributed by atoms with van der Waals surface area (Å²) in [6.45, 7) is 4.16. The lowest BCUT2D eigenvalue weighted by Crippen LogP contribution is -2.11. The second-order valence-corrected chi connectivity index (χ2v) is 5.45. The largest absolute Gasteiger partial charge is 0.477 e. The molecule has 0 amide bonds. The van der Waals surface area contributed by atoms with E-state index < -0.39 is 5.97 Å². The fourth-order valence-electron chi connectivity index (χ4n) is 2.89. The number of carboxylic acid groups (broad SMARTS) is 1. The summed E-state index contributed by atoms with van der Waals surface area (Å²) in [7, 11) is 0. The van der Waals surface area contributed by atoms with Gasteiger partial charge in [-0.3, -0.25) is 0 Å². The van der Waals surface area contributed by atoms with Crippen molar-refractivity contribution >= 4 is 16.9 Å². The molecule has 0 spiro atoms. The molecule has 1 heterocycles. The van der Waals surface area contributed by atoms with E-state index in [1.165, 1.54) is 12.1 Å². The number of aromatic nitrogens is 1. The third-order valence-corrected chi connectivity index (χ3v) is 4.07. The molecule has 1 aromatic heterocycles. The Morgan fingerprint density at radius 3 is 2.59 bits per heavy atom. The Morgan fingerprint density at radius 1 is 1.18 bits per heavy atom. The van der Waals surface area contributed by atoms with E-state index in [9.17, 15) is 14.3 Å². The Morgan fingerprint density at radius 2 is 1.91 bits per heavy atom. The molecule has 1 N–H and O–H groups in total. The number of aryl methyl sites for hydroxylation is 2. The number of fused-ring (bicyclic) bond motifs is 1. The predicted octanol–water partition coefficient (Wildman–Crippen LogP) is 4.14. The van der Waals surface area contributed by atoms with Gasteiger partial charge in [-0.05, 0) is 48.7 Å². The third-order valence-electron chi connectivity index (χ3n) is 4.07. The first-order chi connectivity index (χ1) is 10.5. The molecule has 0 bridgehead atoms. The van der Waals surface area contributed by atoms with Crippen LogP contribution in [-0.2, 0) is 6.54 Å². The van der Waals surface area contributed by atoms with Crippen LogP contribution in [0.4, 0.5) is 4.39 Å². The molecular weight excluding hydrogens is 281 g/mol. The molecule has 112 valence electrons. The van der Waals surface area contributed by atoms with Crippen LogP contribution in [0.1, 0.15) is 27.2 Å². The summed E-state index contributed by atoms with van der Waals surface area (Å²) in [5.74, 6) is -1.36. The highest BCUT2D eigenvalue weighted by atomic mass is 19.1. The number of hydrogen-bond donors (Lipinski definition) is 1. The highest BCUT2D eigenvalue weighted by Gasteiger charge is 2.20. The zero-order valence-corrected chi connectivity index (χ0v) is 12.4. The van der Waals surface area contributed by atoms with Crippen LogP contribution < -0.4 is 0 Å². The van der Waals surface area contributed by atoms with Gasteiger partial charge in [0.15, 0.2) is 0 Å². The van der Waals surface area contributed by atoms with Crippen LogP contribution in [0.25, 0.3) is 10.9 Å². The second-order valence-electron chi connectivity index (χ2n) is 5.45. The van der Waals surface area contributed by atoms with Crippen molar-refractivity contribution < 1.29 is 14.3 Å². The fraction of sp³-hybridized carbons (Fsp3) is 0.167. The molecule has 3 nitrogen and oxygen atoms in total. The van der Waals surface area contributed by atoms with Gasteiger partial charge in [0, 0.05) is 17.4 Å². The molecule has 0 saturated carbocycles. The number of rotatable bonds is 3. The first-order valence-electron chi connectivity index (χ1n) is 7.05. The number of benzene rings is 2. The fourth-order valence-corrected chi connectivity index (χ4v) is 2.89. The normalized spacial score (nSPS) is 11.0. The van der Waals surface area contributed by atoms with E-state index in [4.69, 9.17) is 0 Å². The molecule has 0 radical (unpaired) electrons. The van der Waals surface area contributed by atoms with Gasteiger partial charge in [-0.15, -0.1) is 0 Å². The molecule has 3 rings (SSSR count). The molecule has 0 aliphatic rings. The summed E-state index contributed by atoms with van der Waals surface area (Å²) >= 11 is 0. The minimum Gasteiger partial charge on any atom is -0.477 e. The monoisotopic (exact) mass is 297 g/mol. The van der Waals surface area contributed by atoms with Crippen molar-refractivity contribution in [2.75, 3.05) is 0 Å². The number of aromatic carboxylic acids is 1. The number of nitrogens with zero attached hydrogens (tertiary/aromatic N) is 1. The topological polar surface area (TPSA) is 42.2 Å². The lowest BCUT2D eigenvalue weighted by atomic mass is 10.1. The van der Waals surface area contributed by atoms with E-state index in [0.29, 0.717) is 17.5 Å². The maximum absolute atomic E-state index is 13.5. The number of halogens is 1. The molecule has 2 aromatic carbocycles. The number of carbonyl (C=O) groups is 1. The molecule has 22 heavy (non-hydrogen) atoms. The Labute approximate surface area is 127 Å². The first kappa shape index (κ1) is 14.3. The van der Waals surface area contributed by atoms with Gasteiger partial charge < -0.3 is 9.67 Å². The van der Waals surface area contributed by atoms with Crippen molar-refractivity contribution in [3.8, 4) is 0 Å². The lowest BCUT2D eigenvalue weighted by Gasteiger charge is -2.11. The van der Waals surface area contributed by atoms with Crippen molar-refractivity contribution in [2.45, 2.75) is 20.4 Å². The van der Waals surface area contributed by atoms with E-state index in [1.54, 1.807) is 17.6 Å². The minimum absolute atomic E-state index is 0.212. The molecular formula is C18H16FNO2. The van der Waals surface area contributed by atoms with Gasteiger partial charge in [0.1, 0.15) is 11.5 Å². The first-order valence-corrected chi connectivity index (χ1v) is 7.05. The van der Waals surface area contributed by atoms with Gasteiger partial charge >= 0.3 is 5.97 Å². The van der Waals surface area contributed by atoms with Crippen molar-refractivity contribution in [3.63, 3.8) is 0 Å². The van der Waals surface area contributed by atoms with Gasteiger partial charge in [-0.1, -0.05) is 24.3 Å². The zero-order valence-electron chi connectivity index (χ0n) is 12.4. The molecule has 3 aromatic rings. The average molecular weight is 297 g/mol. The quantitative estimate of drug-likeness (QED) is 0.789. The van der Waals surface area contributed by atoms with E-state index in [1.807, 2.05) is 31.2 Å². The van der Waals surface area contributed by atoms with Crippen LogP contribution in [0.15, 0.2) is 42.5 Å². The molecule has 0 fully saturated rings. The summed E-state index contributed by atoms with van der Waals surface area (Å²) < 4.78 is 15.2. The lowest BCUT2D eigenvalue weighted by molar-refractivity contribution is 0.0685. The van der Waals surface area contributed by atoms with E-state index in [0.717, 1.165) is 16.6 Å². The van der Waals surface area contributed by atoms with Gasteiger partial charge in [-0.25, -0.2) is 9.18 Å². The number of carboxylic acids is 1. The maximum Gasteiger partial charge on any atom is 0.352 e. The smallest absolute Gasteiger partial charge is 0.352 e. The summed E-state index contributed by atoms with van der Waals surface area (Å²) in [5, 5.41) is 10.2. The molecule has 0 unspecified atom stereocenters. The third kappa shape index (κ3) is 2.26. The van der Waals surface area contributed by atoms with Gasteiger partial charge in [0.2, 0.25) is 0 Å². The standard InChI is InChI=1S/C18H16FNO2/c1-11-5-3-4-6-13(11)10-20-16-8-7-14(19)9-15(16)12(2)17(20)18(21)22/h3-9H,10H2,1-2H3,(H,21,22). The van der Waals surface area contributed by atoms with Gasteiger partial charge in [0.05, 0.1) is 0 Å². The molecule has 0 aliphatic heterocycles. The minimum atomic E-state index is -0.998. The summed E-state index contributed by atoms with van der Waals surface area (Å²) in [5.41, 5.74) is 3.69. The number of hydrogen-bond acceptors (Lipinski definition) is 1. The van der Waals surface area contributed by atoms with Crippen LogP contribution in [0.2, 0.25) is 0 Å². The Balaban J connectivity index is 2.25. The molecule has 0 aliphatic carbocycles. The molecule has 0 atom stereocenters.